The van der Waals surface area contributed by atoms with E-state index in [2.05, 4.69) is 29.0 Å². The van der Waals surface area contributed by atoms with E-state index in [9.17, 15) is 4.39 Å². The third-order valence-corrected chi connectivity index (χ3v) is 6.20. The molecule has 1 atom stereocenters. The van der Waals surface area contributed by atoms with E-state index >= 15 is 4.39 Å². The molecule has 1 unspecified atom stereocenters. The highest BCUT2D eigenvalue weighted by Gasteiger charge is 2.24. The first-order chi connectivity index (χ1) is 16.0. The van der Waals surface area contributed by atoms with Crippen LogP contribution >= 0.6 is 0 Å². The molecule has 0 N–H and O–H groups in total. The maximum absolute atomic E-state index is 15.1. The lowest BCUT2D eigenvalue weighted by molar-refractivity contribution is 0.402. The number of aryl methyl sites for hydroxylation is 1. The van der Waals surface area contributed by atoms with Crippen molar-refractivity contribution in [3.8, 4) is 11.8 Å². The van der Waals surface area contributed by atoms with Crippen molar-refractivity contribution < 1.29 is 8.78 Å². The molecule has 33 heavy (non-hydrogen) atoms. The molecule has 0 spiro atoms. The number of hydrogen-bond donors (Lipinski definition) is 0. The average Bonchev–Trinajstić information content (AvgIpc) is 2.83. The van der Waals surface area contributed by atoms with Gasteiger partial charge >= 0.3 is 0 Å². The van der Waals surface area contributed by atoms with Crippen molar-refractivity contribution in [1.29, 1.82) is 0 Å². The Kier molecular flexibility index (Phi) is 7.29. The minimum Gasteiger partial charge on any atom is -0.206 e. The highest BCUT2D eigenvalue weighted by molar-refractivity contribution is 5.50. The normalized spacial score (nSPS) is 15.2. The monoisotopic (exact) mass is 442 g/mol. The minimum absolute atomic E-state index is 0.135. The summed E-state index contributed by atoms with van der Waals surface area (Å²) >= 11 is 0. The number of unbranched alkanes of at least 4 members (excludes halogenated alkanes) is 1. The van der Waals surface area contributed by atoms with Crippen LogP contribution in [0.1, 0.15) is 60.4 Å². The molecule has 168 valence electrons. The van der Waals surface area contributed by atoms with Crippen LogP contribution in [0.5, 0.6) is 0 Å². The van der Waals surface area contributed by atoms with Gasteiger partial charge in [-0.1, -0.05) is 55.7 Å². The molecule has 2 nitrogen and oxygen atoms in total. The summed E-state index contributed by atoms with van der Waals surface area (Å²) in [5.41, 5.74) is 4.61. The lowest BCUT2D eigenvalue weighted by atomic mass is 9.80. The molecule has 3 aromatic carbocycles. The first-order valence-corrected chi connectivity index (χ1v) is 11.6. The fraction of sp³-hybridized carbons (Fsp3) is 0.310. The summed E-state index contributed by atoms with van der Waals surface area (Å²) in [7, 11) is 0. The molecule has 0 amide bonds. The summed E-state index contributed by atoms with van der Waals surface area (Å²) in [6.45, 7) is 4.19. The Balaban J connectivity index is 1.48. The third-order valence-electron chi connectivity index (χ3n) is 6.20. The van der Waals surface area contributed by atoms with Gasteiger partial charge in [0.25, 0.3) is 0 Å². The highest BCUT2D eigenvalue weighted by Crippen LogP contribution is 2.32. The maximum atomic E-state index is 15.1. The first kappa shape index (κ1) is 22.9. The van der Waals surface area contributed by atoms with E-state index in [-0.39, 0.29) is 5.56 Å². The van der Waals surface area contributed by atoms with Gasteiger partial charge in [0, 0.05) is 5.56 Å². The molecular formula is C29H28F2N2. The van der Waals surface area contributed by atoms with E-state index in [1.54, 1.807) is 24.3 Å². The Hall–Kier alpha value is -3.32. The molecule has 4 rings (SSSR count). The predicted octanol–water partition coefficient (Wildman–Crippen LogP) is 8.38. The van der Waals surface area contributed by atoms with Gasteiger partial charge in [-0.15, -0.1) is 0 Å². The third kappa shape index (κ3) is 5.73. The van der Waals surface area contributed by atoms with Crippen LogP contribution in [-0.4, -0.2) is 0 Å². The van der Waals surface area contributed by atoms with Crippen LogP contribution in [-0.2, 0) is 12.8 Å². The molecule has 0 heterocycles. The molecule has 0 saturated carbocycles. The highest BCUT2D eigenvalue weighted by atomic mass is 19.1. The lowest BCUT2D eigenvalue weighted by Crippen LogP contribution is -2.17. The Morgan fingerprint density at radius 3 is 2.27 bits per heavy atom. The van der Waals surface area contributed by atoms with E-state index in [1.165, 1.54) is 18.1 Å². The number of nitrogens with zero attached hydrogens (tertiary/aromatic N) is 2. The topological polar surface area (TPSA) is 24.7 Å². The van der Waals surface area contributed by atoms with Crippen LogP contribution in [0.2, 0.25) is 0 Å². The lowest BCUT2D eigenvalue weighted by Gasteiger charge is -2.25. The quantitative estimate of drug-likeness (QED) is 0.280. The molecule has 3 aromatic rings. The number of benzene rings is 3. The van der Waals surface area contributed by atoms with Gasteiger partial charge in [0.05, 0.1) is 16.9 Å². The van der Waals surface area contributed by atoms with Crippen LogP contribution in [0.4, 0.5) is 20.2 Å². The molecule has 0 radical (unpaired) electrons. The SMILES string of the molecule is CCCCC1CCc2c(cc(F)c(C#Cc3ccc(N=Nc4ccc(C)cc4)cc3)c2F)C1. The van der Waals surface area contributed by atoms with Crippen molar-refractivity contribution in [2.24, 2.45) is 16.1 Å². The molecule has 0 saturated heterocycles. The minimum atomic E-state index is -0.571. The van der Waals surface area contributed by atoms with Gasteiger partial charge in [-0.2, -0.15) is 10.2 Å². The van der Waals surface area contributed by atoms with Crippen molar-refractivity contribution in [1.82, 2.24) is 0 Å². The fourth-order valence-electron chi connectivity index (χ4n) is 4.25. The van der Waals surface area contributed by atoms with Crippen LogP contribution in [0.25, 0.3) is 0 Å². The fourth-order valence-corrected chi connectivity index (χ4v) is 4.25. The van der Waals surface area contributed by atoms with E-state index in [4.69, 9.17) is 0 Å². The molecule has 0 bridgehead atoms. The molecule has 0 aromatic heterocycles. The van der Waals surface area contributed by atoms with Crippen molar-refractivity contribution >= 4 is 11.4 Å². The zero-order chi connectivity index (χ0) is 23.2. The number of azo groups is 1. The summed E-state index contributed by atoms with van der Waals surface area (Å²) in [5.74, 6) is 5.07. The summed E-state index contributed by atoms with van der Waals surface area (Å²) < 4.78 is 29.8. The van der Waals surface area contributed by atoms with Crippen molar-refractivity contribution in [2.75, 3.05) is 0 Å². The summed E-state index contributed by atoms with van der Waals surface area (Å²) in [6, 6.07) is 16.4. The average molecular weight is 443 g/mol. The zero-order valence-electron chi connectivity index (χ0n) is 19.2. The second kappa shape index (κ2) is 10.5. The standard InChI is InChI=1S/C29H28F2N2/c1-3-4-5-22-11-16-26-23(18-22)19-28(30)27(29(26)31)17-10-21-8-14-25(15-9-21)33-32-24-12-6-20(2)7-13-24/h6-9,12-15,19,22H,3-5,11,16,18H2,1-2H3. The second-order valence-electron chi connectivity index (χ2n) is 8.77. The van der Waals surface area contributed by atoms with Gasteiger partial charge in [0.1, 0.15) is 11.6 Å². The molecular weight excluding hydrogens is 414 g/mol. The van der Waals surface area contributed by atoms with Crippen LogP contribution in [0.3, 0.4) is 0 Å². The number of rotatable bonds is 5. The molecule has 0 aliphatic heterocycles. The van der Waals surface area contributed by atoms with Gasteiger partial charge in [-0.25, -0.2) is 8.78 Å². The van der Waals surface area contributed by atoms with Gasteiger partial charge < -0.3 is 0 Å². The van der Waals surface area contributed by atoms with Crippen molar-refractivity contribution in [3.05, 3.63) is 94.0 Å². The van der Waals surface area contributed by atoms with Crippen molar-refractivity contribution in [2.45, 2.75) is 52.4 Å². The Morgan fingerprint density at radius 2 is 1.61 bits per heavy atom. The summed E-state index contributed by atoms with van der Waals surface area (Å²) in [6.07, 6.45) is 5.82. The first-order valence-electron chi connectivity index (χ1n) is 11.6. The van der Waals surface area contributed by atoms with Crippen molar-refractivity contribution in [3.63, 3.8) is 0 Å². The van der Waals surface area contributed by atoms with Crippen LogP contribution in [0.15, 0.2) is 64.8 Å². The molecule has 0 fully saturated rings. The Labute approximate surface area is 194 Å². The van der Waals surface area contributed by atoms with E-state index in [0.29, 0.717) is 29.2 Å². The van der Waals surface area contributed by atoms with Crippen LogP contribution < -0.4 is 0 Å². The van der Waals surface area contributed by atoms with Gasteiger partial charge in [-0.3, -0.25) is 0 Å². The number of halogens is 2. The number of fused-ring (bicyclic) bond motifs is 1. The smallest absolute Gasteiger partial charge is 0.145 e. The Morgan fingerprint density at radius 1 is 0.939 bits per heavy atom. The number of hydrogen-bond acceptors (Lipinski definition) is 2. The van der Waals surface area contributed by atoms with Gasteiger partial charge in [-0.05, 0) is 85.7 Å². The summed E-state index contributed by atoms with van der Waals surface area (Å²) in [5, 5.41) is 8.44. The van der Waals surface area contributed by atoms with Gasteiger partial charge in [0.15, 0.2) is 0 Å². The predicted molar refractivity (Wildman–Crippen MR) is 129 cm³/mol. The van der Waals surface area contributed by atoms with E-state index < -0.39 is 11.6 Å². The van der Waals surface area contributed by atoms with E-state index in [1.807, 2.05) is 31.2 Å². The largest absolute Gasteiger partial charge is 0.206 e. The van der Waals surface area contributed by atoms with Crippen LogP contribution in [0, 0.1) is 36.3 Å². The maximum Gasteiger partial charge on any atom is 0.145 e. The van der Waals surface area contributed by atoms with Gasteiger partial charge in [0.2, 0.25) is 0 Å². The second-order valence-corrected chi connectivity index (χ2v) is 8.77. The molecule has 1 aliphatic rings. The van der Waals surface area contributed by atoms with E-state index in [0.717, 1.165) is 36.9 Å². The molecule has 1 aliphatic carbocycles. The Bertz CT molecular complexity index is 1200. The summed E-state index contributed by atoms with van der Waals surface area (Å²) in [4.78, 5) is 0. The zero-order valence-corrected chi connectivity index (χ0v) is 19.2. The molecule has 4 heteroatoms.